The molecule has 0 aromatic carbocycles. The molecule has 0 saturated carbocycles. The molecule has 0 aromatic heterocycles. The Morgan fingerprint density at radius 1 is 1.20 bits per heavy atom. The summed E-state index contributed by atoms with van der Waals surface area (Å²) < 4.78 is 5.87. The zero-order chi connectivity index (χ0) is 12.1. The summed E-state index contributed by atoms with van der Waals surface area (Å²) in [5, 5.41) is 9.26. The van der Waals surface area contributed by atoms with Crippen LogP contribution < -0.4 is 0 Å². The highest BCUT2D eigenvalue weighted by molar-refractivity contribution is 4.81. The van der Waals surface area contributed by atoms with E-state index >= 15 is 0 Å². The van der Waals surface area contributed by atoms with Crippen molar-refractivity contribution in [2.75, 3.05) is 6.61 Å². The second-order valence-corrected chi connectivity index (χ2v) is 5.34. The maximum Gasteiger partial charge on any atom is 0.0745 e. The summed E-state index contributed by atoms with van der Waals surface area (Å²) in [6.07, 6.45) is 1.87. The summed E-state index contributed by atoms with van der Waals surface area (Å²) in [6, 6.07) is 0. The van der Waals surface area contributed by atoms with E-state index in [2.05, 4.69) is 34.6 Å². The maximum atomic E-state index is 9.26. The van der Waals surface area contributed by atoms with Crippen molar-refractivity contribution in [2.24, 2.45) is 11.8 Å². The van der Waals surface area contributed by atoms with Crippen molar-refractivity contribution in [3.05, 3.63) is 0 Å². The lowest BCUT2D eigenvalue weighted by molar-refractivity contribution is -0.103. The second-order valence-electron chi connectivity index (χ2n) is 5.34. The Hall–Kier alpha value is -0.0800. The Kier molecular flexibility index (Phi) is 6.46. The topological polar surface area (TPSA) is 29.5 Å². The first kappa shape index (κ1) is 14.9. The van der Waals surface area contributed by atoms with Crippen LogP contribution in [0.15, 0.2) is 0 Å². The number of hydrogen-bond acceptors (Lipinski definition) is 2. The lowest BCUT2D eigenvalue weighted by Crippen LogP contribution is -2.38. The van der Waals surface area contributed by atoms with Crippen LogP contribution in [-0.4, -0.2) is 23.4 Å². The zero-order valence-corrected chi connectivity index (χ0v) is 11.2. The van der Waals surface area contributed by atoms with E-state index in [-0.39, 0.29) is 11.7 Å². The number of aliphatic hydroxyl groups excluding tert-OH is 1. The van der Waals surface area contributed by atoms with Gasteiger partial charge in [0.05, 0.1) is 18.3 Å². The summed E-state index contributed by atoms with van der Waals surface area (Å²) in [7, 11) is 0. The normalized spacial score (nSPS) is 20.0. The van der Waals surface area contributed by atoms with Crippen molar-refractivity contribution < 1.29 is 9.84 Å². The molecule has 1 N–H and O–H groups in total. The fraction of sp³-hybridized carbons (Fsp3) is 1.00. The van der Waals surface area contributed by atoms with Crippen molar-refractivity contribution in [1.29, 1.82) is 0 Å². The molecular formula is C13H28O2. The maximum absolute atomic E-state index is 9.26. The molecule has 92 valence electrons. The summed E-state index contributed by atoms with van der Waals surface area (Å²) >= 11 is 0. The molecule has 0 aromatic rings. The highest BCUT2D eigenvalue weighted by atomic mass is 16.5. The van der Waals surface area contributed by atoms with Gasteiger partial charge in [0.25, 0.3) is 0 Å². The van der Waals surface area contributed by atoms with Gasteiger partial charge in [0.15, 0.2) is 0 Å². The first-order valence-corrected chi connectivity index (χ1v) is 6.13. The Bertz CT molecular complexity index is 166. The van der Waals surface area contributed by atoms with Gasteiger partial charge >= 0.3 is 0 Å². The van der Waals surface area contributed by atoms with E-state index in [4.69, 9.17) is 4.74 Å². The van der Waals surface area contributed by atoms with Gasteiger partial charge in [-0.3, -0.25) is 0 Å². The zero-order valence-electron chi connectivity index (χ0n) is 11.2. The number of rotatable bonds is 7. The lowest BCUT2D eigenvalue weighted by atomic mass is 9.83. The predicted octanol–water partition coefficient (Wildman–Crippen LogP) is 3.23. The SMILES string of the molecule is CCC(C)CC(C)(OCC(C)O)C(C)C. The number of aliphatic hydroxyl groups is 1. The average molecular weight is 216 g/mol. The van der Waals surface area contributed by atoms with Gasteiger partial charge in [-0.15, -0.1) is 0 Å². The first-order chi connectivity index (χ1) is 6.81. The van der Waals surface area contributed by atoms with Crippen LogP contribution in [0.3, 0.4) is 0 Å². The summed E-state index contributed by atoms with van der Waals surface area (Å²) in [4.78, 5) is 0. The van der Waals surface area contributed by atoms with Gasteiger partial charge in [-0.25, -0.2) is 0 Å². The third kappa shape index (κ3) is 5.53. The van der Waals surface area contributed by atoms with Crippen LogP contribution in [0.25, 0.3) is 0 Å². The fourth-order valence-corrected chi connectivity index (χ4v) is 1.61. The molecule has 0 saturated heterocycles. The van der Waals surface area contributed by atoms with Gasteiger partial charge in [-0.1, -0.05) is 34.1 Å². The number of ether oxygens (including phenoxy) is 1. The van der Waals surface area contributed by atoms with Gasteiger partial charge in [-0.05, 0) is 32.1 Å². The molecule has 0 aliphatic rings. The van der Waals surface area contributed by atoms with Crippen LogP contribution in [-0.2, 0) is 4.74 Å². The average Bonchev–Trinajstić information content (AvgIpc) is 2.14. The molecule has 0 aliphatic heterocycles. The van der Waals surface area contributed by atoms with Crippen LogP contribution in [0.5, 0.6) is 0 Å². The van der Waals surface area contributed by atoms with E-state index in [9.17, 15) is 5.11 Å². The summed E-state index contributed by atoms with van der Waals surface area (Å²) in [6.45, 7) is 13.2. The Morgan fingerprint density at radius 3 is 2.07 bits per heavy atom. The lowest BCUT2D eigenvalue weighted by Gasteiger charge is -2.36. The molecule has 0 bridgehead atoms. The van der Waals surface area contributed by atoms with Crippen LogP contribution >= 0.6 is 0 Å². The van der Waals surface area contributed by atoms with E-state index in [0.717, 1.165) is 6.42 Å². The van der Waals surface area contributed by atoms with Gasteiger partial charge in [0.2, 0.25) is 0 Å². The Morgan fingerprint density at radius 2 is 1.73 bits per heavy atom. The van der Waals surface area contributed by atoms with Crippen molar-refractivity contribution in [2.45, 2.75) is 66.1 Å². The molecule has 0 aliphatic carbocycles. The third-order valence-corrected chi connectivity index (χ3v) is 3.33. The van der Waals surface area contributed by atoms with Crippen molar-refractivity contribution in [3.63, 3.8) is 0 Å². The van der Waals surface area contributed by atoms with Crippen LogP contribution in [0.2, 0.25) is 0 Å². The third-order valence-electron chi connectivity index (χ3n) is 3.33. The minimum atomic E-state index is -0.375. The highest BCUT2D eigenvalue weighted by Gasteiger charge is 2.31. The van der Waals surface area contributed by atoms with Crippen LogP contribution in [0.1, 0.15) is 54.4 Å². The predicted molar refractivity (Wildman–Crippen MR) is 64.9 cm³/mol. The highest BCUT2D eigenvalue weighted by Crippen LogP contribution is 2.30. The molecule has 0 heterocycles. The summed E-state index contributed by atoms with van der Waals surface area (Å²) in [5.74, 6) is 1.15. The Labute approximate surface area is 95.0 Å². The van der Waals surface area contributed by atoms with Gasteiger partial charge in [0.1, 0.15) is 0 Å². The molecule has 3 atom stereocenters. The smallest absolute Gasteiger partial charge is 0.0745 e. The molecule has 2 nitrogen and oxygen atoms in total. The van der Waals surface area contributed by atoms with Gasteiger partial charge in [-0.2, -0.15) is 0 Å². The van der Waals surface area contributed by atoms with Crippen molar-refractivity contribution in [3.8, 4) is 0 Å². The van der Waals surface area contributed by atoms with E-state index < -0.39 is 0 Å². The minimum absolute atomic E-state index is 0.105. The van der Waals surface area contributed by atoms with E-state index in [0.29, 0.717) is 18.4 Å². The molecule has 15 heavy (non-hydrogen) atoms. The molecule has 2 heteroatoms. The molecular weight excluding hydrogens is 188 g/mol. The van der Waals surface area contributed by atoms with E-state index in [1.807, 2.05) is 0 Å². The first-order valence-electron chi connectivity index (χ1n) is 6.13. The largest absolute Gasteiger partial charge is 0.391 e. The summed E-state index contributed by atoms with van der Waals surface area (Å²) in [5.41, 5.74) is -0.105. The van der Waals surface area contributed by atoms with Crippen molar-refractivity contribution in [1.82, 2.24) is 0 Å². The van der Waals surface area contributed by atoms with Gasteiger partial charge < -0.3 is 9.84 Å². The molecule has 0 radical (unpaired) electrons. The second kappa shape index (κ2) is 6.49. The molecule has 0 spiro atoms. The minimum Gasteiger partial charge on any atom is -0.391 e. The van der Waals surface area contributed by atoms with E-state index in [1.54, 1.807) is 6.92 Å². The monoisotopic (exact) mass is 216 g/mol. The van der Waals surface area contributed by atoms with Crippen molar-refractivity contribution >= 4 is 0 Å². The molecule has 0 fully saturated rings. The molecule has 0 amide bonds. The van der Waals surface area contributed by atoms with Gasteiger partial charge in [0, 0.05) is 0 Å². The standard InChI is InChI=1S/C13H28O2/c1-7-11(4)8-13(6,10(2)3)15-9-12(5)14/h10-12,14H,7-9H2,1-6H3. The number of hydrogen-bond donors (Lipinski definition) is 1. The van der Waals surface area contributed by atoms with Crippen LogP contribution in [0, 0.1) is 11.8 Å². The fourth-order valence-electron chi connectivity index (χ4n) is 1.61. The molecule has 0 rings (SSSR count). The van der Waals surface area contributed by atoms with Crippen LogP contribution in [0.4, 0.5) is 0 Å². The van der Waals surface area contributed by atoms with E-state index in [1.165, 1.54) is 6.42 Å². The Balaban J connectivity index is 4.31. The quantitative estimate of drug-likeness (QED) is 0.708. The molecule has 3 unspecified atom stereocenters.